The van der Waals surface area contributed by atoms with Crippen molar-refractivity contribution in [2.24, 2.45) is 0 Å². The molecule has 11 nitrogen and oxygen atoms in total. The van der Waals surface area contributed by atoms with Crippen LogP contribution in [0.25, 0.3) is 11.5 Å². The highest BCUT2D eigenvalue weighted by Gasteiger charge is 2.43. The minimum Gasteiger partial charge on any atom is -0.444 e. The first kappa shape index (κ1) is 23.1. The highest BCUT2D eigenvalue weighted by Crippen LogP contribution is 2.32. The predicted octanol–water partition coefficient (Wildman–Crippen LogP) is 2.52. The smallest absolute Gasteiger partial charge is 0.410 e. The zero-order chi connectivity index (χ0) is 24.9. The van der Waals surface area contributed by atoms with E-state index in [-0.39, 0.29) is 35.6 Å². The average molecular weight is 482 g/mol. The molecule has 2 aliphatic rings. The Hall–Kier alpha value is -3.63. The number of carbonyl (C=O) groups is 2. The summed E-state index contributed by atoms with van der Waals surface area (Å²) >= 11 is 0. The van der Waals surface area contributed by atoms with Gasteiger partial charge in [0.2, 0.25) is 5.95 Å². The first-order valence-corrected chi connectivity index (χ1v) is 12.1. The number of aromatic amines is 1. The number of fused-ring (bicyclic) bond motifs is 2. The molecule has 186 valence electrons. The molecular formula is C24H31N7O4. The molecule has 2 atom stereocenters. The van der Waals surface area contributed by atoms with E-state index in [0.29, 0.717) is 29.9 Å². The van der Waals surface area contributed by atoms with Gasteiger partial charge in [0.1, 0.15) is 11.1 Å². The van der Waals surface area contributed by atoms with E-state index < -0.39 is 5.60 Å². The minimum atomic E-state index is -0.571. The topological polar surface area (TPSA) is 118 Å². The van der Waals surface area contributed by atoms with Gasteiger partial charge in [-0.1, -0.05) is 0 Å². The van der Waals surface area contributed by atoms with Gasteiger partial charge < -0.3 is 14.5 Å². The fraction of sp³-hybridized carbons (Fsp3) is 0.542. The third-order valence-electron chi connectivity index (χ3n) is 6.76. The fourth-order valence-electron chi connectivity index (χ4n) is 5.20. The zero-order valence-corrected chi connectivity index (χ0v) is 20.5. The maximum Gasteiger partial charge on any atom is 0.410 e. The summed E-state index contributed by atoms with van der Waals surface area (Å²) in [5.74, 6) is 0.111. The Labute approximate surface area is 202 Å². The number of likely N-dealkylation sites (tertiary alicyclic amines) is 2. The summed E-state index contributed by atoms with van der Waals surface area (Å²) < 4.78 is 8.61. The summed E-state index contributed by atoms with van der Waals surface area (Å²) in [6.45, 7) is 8.63. The number of hydrogen-bond acceptors (Lipinski definition) is 6. The van der Waals surface area contributed by atoms with Gasteiger partial charge in [0.25, 0.3) is 11.5 Å². The molecule has 1 N–H and O–H groups in total. The summed E-state index contributed by atoms with van der Waals surface area (Å²) in [4.78, 5) is 45.4. The summed E-state index contributed by atoms with van der Waals surface area (Å²) in [5, 5.41) is 8.78. The van der Waals surface area contributed by atoms with Crippen molar-refractivity contribution in [1.82, 2.24) is 34.2 Å². The van der Waals surface area contributed by atoms with E-state index in [2.05, 4.69) is 15.2 Å². The molecular weight excluding hydrogens is 450 g/mol. The molecule has 2 amide bonds. The standard InChI is InChI=1S/C24H31N7O4/c1-15-16(14-25-31(15)22-26-20(32)19-10-7-13-30(19)27-22)21(33)28-11-5-9-18-17(28)8-6-12-29(18)23(34)35-24(2,3)4/h7,10,13-14,17-18H,5-6,8-9,11-12H2,1-4H3,(H,26,27,32). The van der Waals surface area contributed by atoms with Crippen LogP contribution in [-0.2, 0) is 4.74 Å². The Morgan fingerprint density at radius 2 is 1.80 bits per heavy atom. The fourth-order valence-corrected chi connectivity index (χ4v) is 5.20. The van der Waals surface area contributed by atoms with Crippen LogP contribution in [0.5, 0.6) is 0 Å². The van der Waals surface area contributed by atoms with Crippen LogP contribution in [0.2, 0.25) is 0 Å². The molecule has 11 heteroatoms. The molecule has 0 saturated carbocycles. The van der Waals surface area contributed by atoms with E-state index >= 15 is 0 Å². The maximum atomic E-state index is 13.7. The SMILES string of the molecule is Cc1c(C(=O)N2CCCC3C2CCCN3C(=O)OC(C)(C)C)cnn1-c1nn2cccc2c(=O)[nH]1. The summed E-state index contributed by atoms with van der Waals surface area (Å²) in [6, 6.07) is 3.28. The largest absolute Gasteiger partial charge is 0.444 e. The molecule has 35 heavy (non-hydrogen) atoms. The third-order valence-corrected chi connectivity index (χ3v) is 6.76. The highest BCUT2D eigenvalue weighted by molar-refractivity contribution is 5.95. The van der Waals surface area contributed by atoms with Gasteiger partial charge in [-0.2, -0.15) is 5.10 Å². The third kappa shape index (κ3) is 4.19. The normalized spacial score (nSPS) is 20.7. The Kier molecular flexibility index (Phi) is 5.65. The molecule has 0 spiro atoms. The van der Waals surface area contributed by atoms with Gasteiger partial charge in [0.05, 0.1) is 29.5 Å². The molecule has 2 aliphatic heterocycles. The van der Waals surface area contributed by atoms with E-state index in [1.807, 2.05) is 25.7 Å². The number of piperidine rings is 2. The second-order valence-corrected chi connectivity index (χ2v) is 10.3. The zero-order valence-electron chi connectivity index (χ0n) is 20.5. The summed E-state index contributed by atoms with van der Waals surface area (Å²) in [6.07, 6.45) is 6.18. The molecule has 3 aromatic heterocycles. The van der Waals surface area contributed by atoms with Crippen molar-refractivity contribution in [2.45, 2.75) is 71.1 Å². The van der Waals surface area contributed by atoms with E-state index in [4.69, 9.17) is 4.74 Å². The molecule has 0 aliphatic carbocycles. The molecule has 0 aromatic carbocycles. The van der Waals surface area contributed by atoms with Gasteiger partial charge in [0.15, 0.2) is 0 Å². The number of amides is 2. The Bertz CT molecular complexity index is 1330. The lowest BCUT2D eigenvalue weighted by Crippen LogP contribution is -2.61. The van der Waals surface area contributed by atoms with Crippen molar-refractivity contribution >= 4 is 17.5 Å². The summed E-state index contributed by atoms with van der Waals surface area (Å²) in [5.41, 5.74) is 0.618. The number of nitrogens with one attached hydrogen (secondary N) is 1. The Morgan fingerprint density at radius 1 is 1.11 bits per heavy atom. The number of carbonyl (C=O) groups excluding carboxylic acids is 2. The minimum absolute atomic E-state index is 0.0687. The van der Waals surface area contributed by atoms with Crippen molar-refractivity contribution in [1.29, 1.82) is 0 Å². The summed E-state index contributed by atoms with van der Waals surface area (Å²) in [7, 11) is 0. The lowest BCUT2D eigenvalue weighted by atomic mass is 9.87. The molecule has 3 aromatic rings. The van der Waals surface area contributed by atoms with E-state index in [1.165, 1.54) is 15.4 Å². The number of aromatic nitrogens is 5. The number of rotatable bonds is 2. The van der Waals surface area contributed by atoms with Gasteiger partial charge in [-0.15, -0.1) is 5.10 Å². The number of ether oxygens (including phenoxy) is 1. The van der Waals surface area contributed by atoms with Crippen LogP contribution < -0.4 is 5.56 Å². The van der Waals surface area contributed by atoms with Crippen molar-refractivity contribution in [3.63, 3.8) is 0 Å². The monoisotopic (exact) mass is 481 g/mol. The maximum absolute atomic E-state index is 13.7. The van der Waals surface area contributed by atoms with E-state index in [1.54, 1.807) is 30.2 Å². The van der Waals surface area contributed by atoms with Crippen LogP contribution in [-0.4, -0.2) is 77.0 Å². The molecule has 0 bridgehead atoms. The predicted molar refractivity (Wildman–Crippen MR) is 128 cm³/mol. The first-order chi connectivity index (χ1) is 16.6. The highest BCUT2D eigenvalue weighted by atomic mass is 16.6. The number of H-pyrrole nitrogens is 1. The van der Waals surface area contributed by atoms with Crippen LogP contribution in [0.1, 0.15) is 62.5 Å². The van der Waals surface area contributed by atoms with Crippen LogP contribution in [0, 0.1) is 6.92 Å². The van der Waals surface area contributed by atoms with Gasteiger partial charge in [-0.25, -0.2) is 14.0 Å². The van der Waals surface area contributed by atoms with Gasteiger partial charge in [0, 0.05) is 19.3 Å². The molecule has 5 heterocycles. The van der Waals surface area contributed by atoms with Crippen molar-refractivity contribution in [2.75, 3.05) is 13.1 Å². The van der Waals surface area contributed by atoms with Crippen molar-refractivity contribution in [3.05, 3.63) is 46.1 Å². The molecule has 2 saturated heterocycles. The van der Waals surface area contributed by atoms with E-state index in [0.717, 1.165) is 25.7 Å². The van der Waals surface area contributed by atoms with Crippen LogP contribution in [0.15, 0.2) is 29.3 Å². The lowest BCUT2D eigenvalue weighted by Gasteiger charge is -2.49. The number of hydrogen-bond donors (Lipinski definition) is 1. The van der Waals surface area contributed by atoms with Crippen LogP contribution >= 0.6 is 0 Å². The van der Waals surface area contributed by atoms with E-state index in [9.17, 15) is 14.4 Å². The van der Waals surface area contributed by atoms with Gasteiger partial charge in [-0.3, -0.25) is 14.6 Å². The van der Waals surface area contributed by atoms with Crippen molar-refractivity contribution < 1.29 is 14.3 Å². The molecule has 2 unspecified atom stereocenters. The Balaban J connectivity index is 1.41. The molecule has 0 radical (unpaired) electrons. The quantitative estimate of drug-likeness (QED) is 0.601. The molecule has 2 fully saturated rings. The van der Waals surface area contributed by atoms with Crippen LogP contribution in [0.3, 0.4) is 0 Å². The second kappa shape index (κ2) is 8.54. The lowest BCUT2D eigenvalue weighted by molar-refractivity contribution is -0.0205. The number of nitrogens with zero attached hydrogens (tertiary/aromatic N) is 6. The Morgan fingerprint density at radius 3 is 2.51 bits per heavy atom. The van der Waals surface area contributed by atoms with Gasteiger partial charge in [-0.05, 0) is 65.5 Å². The van der Waals surface area contributed by atoms with Crippen molar-refractivity contribution in [3.8, 4) is 5.95 Å². The van der Waals surface area contributed by atoms with Gasteiger partial charge >= 0.3 is 6.09 Å². The first-order valence-electron chi connectivity index (χ1n) is 12.1. The average Bonchev–Trinajstić information content (AvgIpc) is 3.43. The molecule has 5 rings (SSSR count). The van der Waals surface area contributed by atoms with Crippen LogP contribution in [0.4, 0.5) is 4.79 Å². The second-order valence-electron chi connectivity index (χ2n) is 10.3.